The lowest BCUT2D eigenvalue weighted by Crippen LogP contribution is -1.96. The van der Waals surface area contributed by atoms with Gasteiger partial charge in [-0.1, -0.05) is 23.5 Å². The van der Waals surface area contributed by atoms with E-state index in [-0.39, 0.29) is 16.5 Å². The summed E-state index contributed by atoms with van der Waals surface area (Å²) in [6, 6.07) is 11.4. The first-order chi connectivity index (χ1) is 11.9. The second-order valence-corrected chi connectivity index (χ2v) is 7.60. The van der Waals surface area contributed by atoms with Crippen LogP contribution in [0.3, 0.4) is 0 Å². The molecule has 8 nitrogen and oxygen atoms in total. The zero-order valence-electron chi connectivity index (χ0n) is 12.4. The summed E-state index contributed by atoms with van der Waals surface area (Å²) >= 11 is 1.34. The number of hydrogen-bond acceptors (Lipinski definition) is 7. The molecule has 0 aliphatic carbocycles. The summed E-state index contributed by atoms with van der Waals surface area (Å²) in [5.74, 6) is -0.257. The molecule has 0 atom stereocenters. The van der Waals surface area contributed by atoms with Gasteiger partial charge in [0, 0.05) is 5.39 Å². The van der Waals surface area contributed by atoms with Crippen LogP contribution in [0.1, 0.15) is 0 Å². The van der Waals surface area contributed by atoms with E-state index in [1.54, 1.807) is 0 Å². The summed E-state index contributed by atoms with van der Waals surface area (Å²) in [5, 5.41) is 18.8. The number of nitrogens with zero attached hydrogens (tertiary/aromatic N) is 3. The van der Waals surface area contributed by atoms with Crippen LogP contribution in [0.5, 0.6) is 5.88 Å². The lowest BCUT2D eigenvalue weighted by molar-refractivity contribution is 0.459. The molecule has 0 fully saturated rings. The van der Waals surface area contributed by atoms with Crippen molar-refractivity contribution in [3.8, 4) is 5.88 Å². The third kappa shape index (κ3) is 2.86. The highest BCUT2D eigenvalue weighted by molar-refractivity contribution is 7.85. The molecule has 2 heterocycles. The van der Waals surface area contributed by atoms with E-state index in [1.165, 1.54) is 29.5 Å². The molecular weight excluding hydrogens is 364 g/mol. The number of nitrogens with one attached hydrogen (secondary N) is 1. The number of hydrogen-bond donors (Lipinski definition) is 3. The number of rotatable bonds is 3. The Labute approximate surface area is 145 Å². The van der Waals surface area contributed by atoms with Crippen molar-refractivity contribution in [2.75, 3.05) is 0 Å². The lowest BCUT2D eigenvalue weighted by Gasteiger charge is -1.97. The van der Waals surface area contributed by atoms with Crippen LogP contribution in [0.4, 0.5) is 10.8 Å². The zero-order chi connectivity index (χ0) is 17.6. The molecule has 0 amide bonds. The number of aromatic hydroxyl groups is 1. The van der Waals surface area contributed by atoms with Gasteiger partial charge >= 0.3 is 0 Å². The summed E-state index contributed by atoms with van der Waals surface area (Å²) in [5.41, 5.74) is 1.32. The number of thiazole rings is 1. The molecule has 4 aromatic rings. The van der Waals surface area contributed by atoms with Crippen LogP contribution in [0.15, 0.2) is 57.6 Å². The maximum atomic E-state index is 11.3. The molecule has 2 aromatic heterocycles. The van der Waals surface area contributed by atoms with Crippen LogP contribution >= 0.6 is 11.3 Å². The first kappa shape index (κ1) is 15.7. The van der Waals surface area contributed by atoms with Crippen LogP contribution in [-0.2, 0) is 10.1 Å². The van der Waals surface area contributed by atoms with Gasteiger partial charge in [-0.15, -0.1) is 10.2 Å². The predicted octanol–water partition coefficient (Wildman–Crippen LogP) is 4.15. The fourth-order valence-electron chi connectivity index (χ4n) is 2.40. The van der Waals surface area contributed by atoms with E-state index in [1.807, 2.05) is 24.3 Å². The molecule has 0 saturated carbocycles. The van der Waals surface area contributed by atoms with Gasteiger partial charge in [0.15, 0.2) is 5.69 Å². The summed E-state index contributed by atoms with van der Waals surface area (Å²) < 4.78 is 32.7. The van der Waals surface area contributed by atoms with Crippen LogP contribution < -0.4 is 0 Å². The zero-order valence-corrected chi connectivity index (χ0v) is 14.0. The Morgan fingerprint density at radius 3 is 2.68 bits per heavy atom. The Morgan fingerprint density at radius 2 is 1.92 bits per heavy atom. The molecule has 0 aliphatic rings. The molecule has 0 radical (unpaired) electrons. The first-order valence-corrected chi connectivity index (χ1v) is 9.27. The number of aromatic nitrogens is 2. The van der Waals surface area contributed by atoms with E-state index < -0.39 is 10.1 Å². The molecule has 4 rings (SSSR count). The first-order valence-electron chi connectivity index (χ1n) is 7.01. The molecule has 126 valence electrons. The van der Waals surface area contributed by atoms with Gasteiger partial charge in [0.1, 0.15) is 0 Å². The van der Waals surface area contributed by atoms with E-state index in [2.05, 4.69) is 20.2 Å². The molecule has 0 unspecified atom stereocenters. The van der Waals surface area contributed by atoms with E-state index in [9.17, 15) is 18.1 Å². The van der Waals surface area contributed by atoms with Crippen molar-refractivity contribution < 1.29 is 18.1 Å². The predicted molar refractivity (Wildman–Crippen MR) is 93.6 cm³/mol. The lowest BCUT2D eigenvalue weighted by atomic mass is 10.2. The standard InChI is InChI=1S/C15H10N4O4S2/c20-14-13(9-7-8(25(21,22)23)5-6-10(9)16-14)18-19-15-17-11-3-1-2-4-12(11)24-15/h1-7,16,20H,(H,21,22,23). The molecule has 25 heavy (non-hydrogen) atoms. The van der Waals surface area contributed by atoms with Crippen molar-refractivity contribution in [1.82, 2.24) is 9.97 Å². The Hall–Kier alpha value is -2.82. The number of benzene rings is 2. The maximum Gasteiger partial charge on any atom is 0.294 e. The van der Waals surface area contributed by atoms with Crippen LogP contribution in [-0.4, -0.2) is 28.0 Å². The summed E-state index contributed by atoms with van der Waals surface area (Å²) in [7, 11) is -4.36. The Balaban J connectivity index is 1.81. The highest BCUT2D eigenvalue weighted by Gasteiger charge is 2.16. The number of para-hydroxylation sites is 1. The van der Waals surface area contributed by atoms with Gasteiger partial charge in [0.2, 0.25) is 11.0 Å². The van der Waals surface area contributed by atoms with E-state index >= 15 is 0 Å². The van der Waals surface area contributed by atoms with Gasteiger partial charge in [-0.25, -0.2) is 4.98 Å². The molecule has 0 aliphatic heterocycles. The molecule has 10 heteroatoms. The van der Waals surface area contributed by atoms with Gasteiger partial charge < -0.3 is 10.1 Å². The Bertz CT molecular complexity index is 1210. The van der Waals surface area contributed by atoms with Crippen molar-refractivity contribution >= 4 is 53.4 Å². The minimum absolute atomic E-state index is 0.0692. The van der Waals surface area contributed by atoms with Gasteiger partial charge in [-0.3, -0.25) is 4.55 Å². The average Bonchev–Trinajstić information content (AvgIpc) is 3.11. The summed E-state index contributed by atoms with van der Waals surface area (Å²) in [6.45, 7) is 0. The summed E-state index contributed by atoms with van der Waals surface area (Å²) in [6.07, 6.45) is 0. The number of H-pyrrole nitrogens is 1. The maximum absolute atomic E-state index is 11.3. The molecular formula is C15H10N4O4S2. The second kappa shape index (κ2) is 5.62. The van der Waals surface area contributed by atoms with Crippen molar-refractivity contribution in [1.29, 1.82) is 0 Å². The smallest absolute Gasteiger partial charge is 0.294 e. The van der Waals surface area contributed by atoms with Gasteiger partial charge in [-0.2, -0.15) is 8.42 Å². The minimum atomic E-state index is -4.36. The number of fused-ring (bicyclic) bond motifs is 2. The van der Waals surface area contributed by atoms with Crippen LogP contribution in [0.25, 0.3) is 21.1 Å². The molecule has 2 aromatic carbocycles. The van der Waals surface area contributed by atoms with Crippen molar-refractivity contribution in [2.45, 2.75) is 4.90 Å². The van der Waals surface area contributed by atoms with Gasteiger partial charge in [-0.05, 0) is 30.3 Å². The van der Waals surface area contributed by atoms with Crippen molar-refractivity contribution in [2.24, 2.45) is 10.2 Å². The minimum Gasteiger partial charge on any atom is -0.493 e. The Morgan fingerprint density at radius 1 is 1.12 bits per heavy atom. The van der Waals surface area contributed by atoms with E-state index in [0.29, 0.717) is 16.0 Å². The quantitative estimate of drug-likeness (QED) is 0.367. The average molecular weight is 374 g/mol. The molecule has 3 N–H and O–H groups in total. The highest BCUT2D eigenvalue weighted by atomic mass is 32.2. The van der Waals surface area contributed by atoms with E-state index in [4.69, 9.17) is 0 Å². The highest BCUT2D eigenvalue weighted by Crippen LogP contribution is 2.38. The molecule has 0 saturated heterocycles. The Kier molecular flexibility index (Phi) is 3.53. The fourth-order valence-corrected chi connectivity index (χ4v) is 3.69. The molecule has 0 bridgehead atoms. The normalized spacial score (nSPS) is 12.5. The van der Waals surface area contributed by atoms with Crippen molar-refractivity contribution in [3.63, 3.8) is 0 Å². The molecule has 0 spiro atoms. The third-order valence-electron chi connectivity index (χ3n) is 3.54. The number of aromatic amines is 1. The van der Waals surface area contributed by atoms with Crippen LogP contribution in [0.2, 0.25) is 0 Å². The second-order valence-electron chi connectivity index (χ2n) is 5.17. The summed E-state index contributed by atoms with van der Waals surface area (Å²) in [4.78, 5) is 6.69. The van der Waals surface area contributed by atoms with Gasteiger partial charge in [0.25, 0.3) is 10.1 Å². The topological polar surface area (TPSA) is 128 Å². The van der Waals surface area contributed by atoms with Crippen molar-refractivity contribution in [3.05, 3.63) is 42.5 Å². The van der Waals surface area contributed by atoms with Gasteiger partial charge in [0.05, 0.1) is 20.6 Å². The SMILES string of the molecule is O=S(=O)(O)c1ccc2[nH]c(O)c(N=Nc3nc4ccccc4s3)c2c1. The number of azo groups is 1. The third-order valence-corrected chi connectivity index (χ3v) is 5.31. The van der Waals surface area contributed by atoms with Crippen LogP contribution in [0, 0.1) is 0 Å². The van der Waals surface area contributed by atoms with E-state index in [0.717, 1.165) is 10.2 Å². The monoisotopic (exact) mass is 374 g/mol. The fraction of sp³-hybridized carbons (Fsp3) is 0. The largest absolute Gasteiger partial charge is 0.493 e.